The topological polar surface area (TPSA) is 60.9 Å². The van der Waals surface area contributed by atoms with Crippen molar-refractivity contribution in [2.45, 2.75) is 19.4 Å². The molecule has 102 valence electrons. The molecule has 0 spiro atoms. The lowest BCUT2D eigenvalue weighted by Gasteiger charge is -2.05. The Kier molecular flexibility index (Phi) is 3.52. The van der Waals surface area contributed by atoms with Crippen LogP contribution in [0.1, 0.15) is 12.0 Å². The maximum Gasteiger partial charge on any atom is 0.262 e. The van der Waals surface area contributed by atoms with Crippen LogP contribution >= 0.6 is 11.3 Å². The van der Waals surface area contributed by atoms with Crippen molar-refractivity contribution < 1.29 is 0 Å². The molecule has 0 aliphatic rings. The van der Waals surface area contributed by atoms with Gasteiger partial charge in [-0.1, -0.05) is 12.1 Å². The number of rotatable bonds is 4. The quantitative estimate of drug-likeness (QED) is 0.750. The van der Waals surface area contributed by atoms with Gasteiger partial charge in [-0.25, -0.2) is 4.98 Å². The zero-order valence-corrected chi connectivity index (χ0v) is 11.8. The van der Waals surface area contributed by atoms with Gasteiger partial charge in [0.25, 0.3) is 5.56 Å². The molecule has 2 N–H and O–H groups in total. The molecule has 0 radical (unpaired) electrons. The molecule has 4 nitrogen and oxygen atoms in total. The van der Waals surface area contributed by atoms with Gasteiger partial charge in [-0.15, -0.1) is 11.3 Å². The van der Waals surface area contributed by atoms with Crippen LogP contribution in [0.2, 0.25) is 0 Å². The van der Waals surface area contributed by atoms with Crippen molar-refractivity contribution in [1.29, 1.82) is 0 Å². The minimum atomic E-state index is 0.0496. The van der Waals surface area contributed by atoms with E-state index in [1.807, 2.05) is 35.7 Å². The Morgan fingerprint density at radius 1 is 1.20 bits per heavy atom. The summed E-state index contributed by atoms with van der Waals surface area (Å²) >= 11 is 1.50. The fraction of sp³-hybridized carbons (Fsp3) is 0.200. The van der Waals surface area contributed by atoms with Gasteiger partial charge in [0, 0.05) is 12.2 Å². The number of nitrogens with zero attached hydrogens (tertiary/aromatic N) is 2. The van der Waals surface area contributed by atoms with E-state index >= 15 is 0 Å². The molecule has 20 heavy (non-hydrogen) atoms. The van der Waals surface area contributed by atoms with E-state index in [1.165, 1.54) is 16.9 Å². The lowest BCUT2D eigenvalue weighted by molar-refractivity contribution is 0.618. The Bertz CT molecular complexity index is 774. The number of nitrogens with two attached hydrogens (primary N) is 1. The number of aromatic nitrogens is 2. The molecule has 2 heterocycles. The zero-order valence-electron chi connectivity index (χ0n) is 11.0. The van der Waals surface area contributed by atoms with Gasteiger partial charge in [0.15, 0.2) is 0 Å². The molecule has 3 aromatic rings. The third-order valence-corrected chi connectivity index (χ3v) is 4.12. The molecular weight excluding hydrogens is 270 g/mol. The second-order valence-corrected chi connectivity index (χ2v) is 5.62. The lowest BCUT2D eigenvalue weighted by Crippen LogP contribution is -2.20. The van der Waals surface area contributed by atoms with E-state index < -0.39 is 0 Å². The normalized spacial score (nSPS) is 11.0. The number of thiophene rings is 1. The highest BCUT2D eigenvalue weighted by Crippen LogP contribution is 2.13. The molecule has 3 rings (SSSR count). The summed E-state index contributed by atoms with van der Waals surface area (Å²) in [5.41, 5.74) is 7.71. The van der Waals surface area contributed by atoms with Gasteiger partial charge in [-0.3, -0.25) is 9.36 Å². The van der Waals surface area contributed by atoms with Gasteiger partial charge in [0.1, 0.15) is 4.83 Å². The predicted octanol–water partition coefficient (Wildman–Crippen LogP) is 2.67. The van der Waals surface area contributed by atoms with Crippen LogP contribution in [0.4, 0.5) is 5.69 Å². The fourth-order valence-electron chi connectivity index (χ4n) is 2.19. The summed E-state index contributed by atoms with van der Waals surface area (Å²) in [5.74, 6) is 0. The number of hydrogen-bond acceptors (Lipinski definition) is 4. The van der Waals surface area contributed by atoms with Crippen LogP contribution < -0.4 is 11.3 Å². The Balaban J connectivity index is 1.69. The minimum Gasteiger partial charge on any atom is -0.399 e. The van der Waals surface area contributed by atoms with Crippen molar-refractivity contribution in [3.63, 3.8) is 0 Å². The van der Waals surface area contributed by atoms with E-state index in [0.717, 1.165) is 23.4 Å². The van der Waals surface area contributed by atoms with Gasteiger partial charge >= 0.3 is 0 Å². The first kappa shape index (κ1) is 12.9. The zero-order chi connectivity index (χ0) is 13.9. The first-order chi connectivity index (χ1) is 9.74. The molecule has 0 amide bonds. The molecule has 2 aromatic heterocycles. The molecule has 0 aliphatic carbocycles. The maximum absolute atomic E-state index is 12.2. The first-order valence-corrected chi connectivity index (χ1v) is 7.39. The van der Waals surface area contributed by atoms with Gasteiger partial charge < -0.3 is 5.73 Å². The van der Waals surface area contributed by atoms with Crippen LogP contribution in [0.5, 0.6) is 0 Å². The molecule has 0 saturated carbocycles. The van der Waals surface area contributed by atoms with Crippen molar-refractivity contribution in [1.82, 2.24) is 9.55 Å². The van der Waals surface area contributed by atoms with Crippen molar-refractivity contribution in [2.75, 3.05) is 5.73 Å². The molecule has 0 unspecified atom stereocenters. The summed E-state index contributed by atoms with van der Waals surface area (Å²) < 4.78 is 1.69. The van der Waals surface area contributed by atoms with Crippen molar-refractivity contribution >= 4 is 27.2 Å². The number of hydrogen-bond donors (Lipinski definition) is 1. The third-order valence-electron chi connectivity index (χ3n) is 3.29. The van der Waals surface area contributed by atoms with Crippen molar-refractivity contribution in [2.24, 2.45) is 0 Å². The highest BCUT2D eigenvalue weighted by Gasteiger charge is 2.04. The van der Waals surface area contributed by atoms with Gasteiger partial charge in [-0.2, -0.15) is 0 Å². The molecular formula is C15H15N3OS. The highest BCUT2D eigenvalue weighted by molar-refractivity contribution is 7.16. The molecule has 1 aromatic carbocycles. The van der Waals surface area contributed by atoms with E-state index in [-0.39, 0.29) is 5.56 Å². The lowest BCUT2D eigenvalue weighted by atomic mass is 10.1. The molecule has 0 aliphatic heterocycles. The second-order valence-electron chi connectivity index (χ2n) is 4.73. The molecule has 0 atom stereocenters. The average Bonchev–Trinajstić information content (AvgIpc) is 2.93. The number of anilines is 1. The second kappa shape index (κ2) is 5.46. The summed E-state index contributed by atoms with van der Waals surface area (Å²) in [6, 6.07) is 9.70. The third kappa shape index (κ3) is 2.58. The molecule has 0 saturated heterocycles. The van der Waals surface area contributed by atoms with Crippen LogP contribution in [0.25, 0.3) is 10.2 Å². The van der Waals surface area contributed by atoms with E-state index in [0.29, 0.717) is 11.9 Å². The Labute approximate surface area is 120 Å². The fourth-order valence-corrected chi connectivity index (χ4v) is 2.91. The summed E-state index contributed by atoms with van der Waals surface area (Å²) in [6.45, 7) is 0.683. The Morgan fingerprint density at radius 3 is 2.80 bits per heavy atom. The van der Waals surface area contributed by atoms with Gasteiger partial charge in [0.05, 0.1) is 11.7 Å². The molecule has 0 bridgehead atoms. The van der Waals surface area contributed by atoms with Gasteiger partial charge in [-0.05, 0) is 42.0 Å². The Morgan fingerprint density at radius 2 is 2.00 bits per heavy atom. The molecule has 0 fully saturated rings. The van der Waals surface area contributed by atoms with E-state index in [4.69, 9.17) is 5.73 Å². The summed E-state index contributed by atoms with van der Waals surface area (Å²) in [6.07, 6.45) is 3.47. The average molecular weight is 285 g/mol. The largest absolute Gasteiger partial charge is 0.399 e. The van der Waals surface area contributed by atoms with E-state index in [9.17, 15) is 4.79 Å². The number of aryl methyl sites for hydroxylation is 2. The predicted molar refractivity (Wildman–Crippen MR) is 83.1 cm³/mol. The number of benzene rings is 1. The van der Waals surface area contributed by atoms with Crippen LogP contribution in [0.3, 0.4) is 0 Å². The Hall–Kier alpha value is -2.14. The van der Waals surface area contributed by atoms with Crippen LogP contribution in [-0.2, 0) is 13.0 Å². The van der Waals surface area contributed by atoms with E-state index in [2.05, 4.69) is 4.98 Å². The molecule has 5 heteroatoms. The van der Waals surface area contributed by atoms with Crippen LogP contribution in [0, 0.1) is 0 Å². The van der Waals surface area contributed by atoms with Gasteiger partial charge in [0.2, 0.25) is 0 Å². The summed E-state index contributed by atoms with van der Waals surface area (Å²) in [7, 11) is 0. The van der Waals surface area contributed by atoms with Crippen molar-refractivity contribution in [3.8, 4) is 0 Å². The van der Waals surface area contributed by atoms with Crippen LogP contribution in [-0.4, -0.2) is 9.55 Å². The first-order valence-electron chi connectivity index (χ1n) is 6.51. The minimum absolute atomic E-state index is 0.0496. The van der Waals surface area contributed by atoms with Crippen LogP contribution in [0.15, 0.2) is 46.8 Å². The smallest absolute Gasteiger partial charge is 0.262 e. The van der Waals surface area contributed by atoms with E-state index in [1.54, 1.807) is 10.9 Å². The monoisotopic (exact) mass is 285 g/mol. The standard InChI is InChI=1S/C15H15N3OS/c16-12-5-3-11(4-6-12)2-1-8-18-10-17-14-13(15(18)19)7-9-20-14/h3-7,9-10H,1-2,8,16H2. The summed E-state index contributed by atoms with van der Waals surface area (Å²) in [5, 5.41) is 2.61. The SMILES string of the molecule is Nc1ccc(CCCn2cnc3sccc3c2=O)cc1. The number of fused-ring (bicyclic) bond motifs is 1. The highest BCUT2D eigenvalue weighted by atomic mass is 32.1. The summed E-state index contributed by atoms with van der Waals surface area (Å²) in [4.78, 5) is 17.3. The maximum atomic E-state index is 12.2. The number of nitrogen functional groups attached to an aromatic ring is 1. The van der Waals surface area contributed by atoms with Crippen molar-refractivity contribution in [3.05, 3.63) is 58.0 Å².